The number of carbonyl (C=O) groups excluding carboxylic acids is 1. The molecule has 1 unspecified atom stereocenters. The maximum absolute atomic E-state index is 12.0. The molecular formula is C16H20N2O2S. The first-order valence-corrected chi connectivity index (χ1v) is 8.06. The van der Waals surface area contributed by atoms with Crippen LogP contribution in [0, 0.1) is 13.8 Å². The van der Waals surface area contributed by atoms with Crippen molar-refractivity contribution in [3.05, 3.63) is 38.8 Å². The third kappa shape index (κ3) is 2.21. The van der Waals surface area contributed by atoms with Crippen LogP contribution in [0.25, 0.3) is 5.69 Å². The molecule has 0 spiro atoms. The zero-order valence-corrected chi connectivity index (χ0v) is 13.4. The zero-order valence-electron chi connectivity index (χ0n) is 12.6. The molecule has 2 aromatic rings. The minimum Gasteiger partial charge on any atom is -0.465 e. The Labute approximate surface area is 128 Å². The number of rotatable bonds is 2. The molecule has 21 heavy (non-hydrogen) atoms. The number of hydrogen-bond acceptors (Lipinski definition) is 4. The van der Waals surface area contributed by atoms with Crippen molar-refractivity contribution in [3.8, 4) is 5.69 Å². The van der Waals surface area contributed by atoms with E-state index in [1.54, 1.807) is 0 Å². The molecule has 0 aliphatic heterocycles. The molecule has 1 atom stereocenters. The fraction of sp³-hybridized carbons (Fsp3) is 0.438. The number of thiophene rings is 1. The molecule has 0 fully saturated rings. The summed E-state index contributed by atoms with van der Waals surface area (Å²) in [4.78, 5) is 12.7. The van der Waals surface area contributed by atoms with Crippen LogP contribution in [0.3, 0.4) is 0 Å². The van der Waals surface area contributed by atoms with Gasteiger partial charge in [0.15, 0.2) is 0 Å². The van der Waals surface area contributed by atoms with E-state index in [9.17, 15) is 4.79 Å². The van der Waals surface area contributed by atoms with Crippen LogP contribution < -0.4 is 5.73 Å². The first kappa shape index (κ1) is 14.4. The second-order valence-electron chi connectivity index (χ2n) is 5.61. The van der Waals surface area contributed by atoms with Crippen molar-refractivity contribution < 1.29 is 9.53 Å². The number of methoxy groups -OCH3 is 1. The summed E-state index contributed by atoms with van der Waals surface area (Å²) >= 11 is 1.44. The summed E-state index contributed by atoms with van der Waals surface area (Å²) in [6.45, 7) is 4.11. The quantitative estimate of drug-likeness (QED) is 0.866. The standard InChI is InChI=1S/C16H20N2O2S/c1-9-8-21-15(16(19)20-3)14(9)18-10(2)7-11-12(17)5-4-6-13(11)18/h7-8,12H,4-6,17H2,1-3H3. The van der Waals surface area contributed by atoms with Crippen LogP contribution in [0.1, 0.15) is 51.1 Å². The molecule has 0 bridgehead atoms. The molecule has 112 valence electrons. The number of ether oxygens (including phenoxy) is 1. The topological polar surface area (TPSA) is 57.2 Å². The molecule has 3 rings (SSSR count). The van der Waals surface area contributed by atoms with Crippen LogP contribution in [0.2, 0.25) is 0 Å². The van der Waals surface area contributed by atoms with E-state index < -0.39 is 0 Å². The minimum atomic E-state index is -0.273. The van der Waals surface area contributed by atoms with Crippen molar-refractivity contribution in [3.63, 3.8) is 0 Å². The highest BCUT2D eigenvalue weighted by Crippen LogP contribution is 2.36. The fourth-order valence-corrected chi connectivity index (χ4v) is 4.15. The van der Waals surface area contributed by atoms with Gasteiger partial charge in [-0.25, -0.2) is 4.79 Å². The second-order valence-corrected chi connectivity index (χ2v) is 6.49. The number of aryl methyl sites for hydroxylation is 2. The predicted octanol–water partition coefficient (Wildman–Crippen LogP) is 3.28. The Balaban J connectivity index is 2.22. The number of carbonyl (C=O) groups is 1. The highest BCUT2D eigenvalue weighted by molar-refractivity contribution is 7.12. The monoisotopic (exact) mass is 304 g/mol. The predicted molar refractivity (Wildman–Crippen MR) is 84.3 cm³/mol. The molecule has 1 aliphatic rings. The van der Waals surface area contributed by atoms with E-state index in [0.29, 0.717) is 4.88 Å². The maximum Gasteiger partial charge on any atom is 0.350 e. The van der Waals surface area contributed by atoms with Gasteiger partial charge in [-0.1, -0.05) is 0 Å². The molecule has 5 heteroatoms. The number of esters is 1. The molecule has 0 aromatic carbocycles. The lowest BCUT2D eigenvalue weighted by Crippen LogP contribution is -2.18. The van der Waals surface area contributed by atoms with Crippen LogP contribution in [-0.2, 0) is 11.2 Å². The van der Waals surface area contributed by atoms with E-state index in [0.717, 1.165) is 36.2 Å². The van der Waals surface area contributed by atoms with Crippen LogP contribution in [-0.4, -0.2) is 17.6 Å². The third-order valence-electron chi connectivity index (χ3n) is 4.18. The van der Waals surface area contributed by atoms with Gasteiger partial charge in [0.2, 0.25) is 0 Å². The lowest BCUT2D eigenvalue weighted by Gasteiger charge is -2.21. The van der Waals surface area contributed by atoms with Gasteiger partial charge in [0.25, 0.3) is 0 Å². The third-order valence-corrected chi connectivity index (χ3v) is 5.25. The Morgan fingerprint density at radius 1 is 1.48 bits per heavy atom. The van der Waals surface area contributed by atoms with Crippen LogP contribution >= 0.6 is 11.3 Å². The zero-order chi connectivity index (χ0) is 15.1. The van der Waals surface area contributed by atoms with Gasteiger partial charge in [0.1, 0.15) is 4.88 Å². The summed E-state index contributed by atoms with van der Waals surface area (Å²) in [5, 5.41) is 2.01. The molecule has 0 radical (unpaired) electrons. The van der Waals surface area contributed by atoms with Gasteiger partial charge in [0.05, 0.1) is 12.8 Å². The number of aromatic nitrogens is 1. The van der Waals surface area contributed by atoms with Crippen LogP contribution in [0.4, 0.5) is 0 Å². The Morgan fingerprint density at radius 3 is 2.95 bits per heavy atom. The smallest absolute Gasteiger partial charge is 0.350 e. The minimum absolute atomic E-state index is 0.106. The van der Waals surface area contributed by atoms with Gasteiger partial charge in [-0.2, -0.15) is 0 Å². The van der Waals surface area contributed by atoms with E-state index >= 15 is 0 Å². The van der Waals surface area contributed by atoms with Crippen molar-refractivity contribution in [2.24, 2.45) is 5.73 Å². The Bertz CT molecular complexity index is 699. The molecule has 4 nitrogen and oxygen atoms in total. The molecule has 2 heterocycles. The largest absolute Gasteiger partial charge is 0.465 e. The highest BCUT2D eigenvalue weighted by atomic mass is 32.1. The summed E-state index contributed by atoms with van der Waals surface area (Å²) in [7, 11) is 1.43. The van der Waals surface area contributed by atoms with E-state index in [4.69, 9.17) is 10.5 Å². The van der Waals surface area contributed by atoms with E-state index in [1.807, 2.05) is 12.3 Å². The second kappa shape index (κ2) is 5.31. The summed E-state index contributed by atoms with van der Waals surface area (Å²) in [5.74, 6) is -0.273. The Hall–Kier alpha value is -1.59. The van der Waals surface area contributed by atoms with Crippen LogP contribution in [0.5, 0.6) is 0 Å². The average molecular weight is 304 g/mol. The van der Waals surface area contributed by atoms with Crippen molar-refractivity contribution in [1.29, 1.82) is 0 Å². The lowest BCUT2D eigenvalue weighted by atomic mass is 9.93. The van der Waals surface area contributed by atoms with Crippen molar-refractivity contribution >= 4 is 17.3 Å². The van der Waals surface area contributed by atoms with Gasteiger partial charge in [0, 0.05) is 17.4 Å². The summed E-state index contributed by atoms with van der Waals surface area (Å²) in [6.07, 6.45) is 3.13. The van der Waals surface area contributed by atoms with E-state index in [-0.39, 0.29) is 12.0 Å². The summed E-state index contributed by atoms with van der Waals surface area (Å²) < 4.78 is 7.13. The molecule has 0 saturated heterocycles. The highest BCUT2D eigenvalue weighted by Gasteiger charge is 2.26. The molecular weight excluding hydrogens is 284 g/mol. The van der Waals surface area contributed by atoms with Gasteiger partial charge < -0.3 is 15.0 Å². The summed E-state index contributed by atoms with van der Waals surface area (Å²) in [6, 6.07) is 2.27. The van der Waals surface area contributed by atoms with Gasteiger partial charge in [-0.15, -0.1) is 11.3 Å². The Morgan fingerprint density at radius 2 is 2.24 bits per heavy atom. The summed E-state index contributed by atoms with van der Waals surface area (Å²) in [5.41, 5.74) is 11.9. The number of nitrogens with zero attached hydrogens (tertiary/aromatic N) is 1. The van der Waals surface area contributed by atoms with E-state index in [2.05, 4.69) is 17.6 Å². The van der Waals surface area contributed by atoms with Crippen LogP contribution in [0.15, 0.2) is 11.4 Å². The van der Waals surface area contributed by atoms with Gasteiger partial charge in [-0.05, 0) is 55.7 Å². The molecule has 2 N–H and O–H groups in total. The molecule has 1 aliphatic carbocycles. The van der Waals surface area contributed by atoms with Gasteiger partial charge >= 0.3 is 5.97 Å². The number of nitrogens with two attached hydrogens (primary N) is 1. The van der Waals surface area contributed by atoms with E-state index in [1.165, 1.54) is 29.7 Å². The van der Waals surface area contributed by atoms with Gasteiger partial charge in [-0.3, -0.25) is 0 Å². The SMILES string of the molecule is COC(=O)c1scc(C)c1-n1c(C)cc2c1CCCC2N. The lowest BCUT2D eigenvalue weighted by molar-refractivity contribution is 0.0606. The van der Waals surface area contributed by atoms with Crippen molar-refractivity contribution in [2.45, 2.75) is 39.2 Å². The maximum atomic E-state index is 12.0. The molecule has 0 amide bonds. The average Bonchev–Trinajstić information content (AvgIpc) is 2.99. The number of hydrogen-bond donors (Lipinski definition) is 1. The number of fused-ring (bicyclic) bond motifs is 1. The normalized spacial score (nSPS) is 17.6. The Kier molecular flexibility index (Phi) is 3.63. The fourth-order valence-electron chi connectivity index (χ4n) is 3.20. The first-order valence-electron chi connectivity index (χ1n) is 7.18. The molecule has 2 aromatic heterocycles. The van der Waals surface area contributed by atoms with Crippen molar-refractivity contribution in [2.75, 3.05) is 7.11 Å². The molecule has 0 saturated carbocycles. The first-order chi connectivity index (χ1) is 10.0. The van der Waals surface area contributed by atoms with Crippen molar-refractivity contribution in [1.82, 2.24) is 4.57 Å².